The molecule has 1 N–H and O–H groups in total. The molecule has 2 fully saturated rings. The van der Waals surface area contributed by atoms with Crippen molar-refractivity contribution in [3.63, 3.8) is 0 Å². The average molecular weight is 471 g/mol. The summed E-state index contributed by atoms with van der Waals surface area (Å²) in [5.74, 6) is 1.80. The average Bonchev–Trinajstić information content (AvgIpc) is 2.85. The highest BCUT2D eigenvalue weighted by molar-refractivity contribution is 5.98. The van der Waals surface area contributed by atoms with E-state index in [0.29, 0.717) is 35.3 Å². The first-order chi connectivity index (χ1) is 16.9. The van der Waals surface area contributed by atoms with Crippen LogP contribution in [0.5, 0.6) is 5.88 Å². The van der Waals surface area contributed by atoms with Gasteiger partial charge in [0.25, 0.3) is 0 Å². The van der Waals surface area contributed by atoms with Gasteiger partial charge in [-0.05, 0) is 50.0 Å². The molecule has 3 aliphatic carbocycles. The number of fused-ring (bicyclic) bond motifs is 4. The Morgan fingerprint density at radius 1 is 1.14 bits per heavy atom. The predicted octanol–water partition coefficient (Wildman–Crippen LogP) is 5.14. The normalized spacial score (nSPS) is 31.1. The monoisotopic (exact) mass is 470 g/mol. The van der Waals surface area contributed by atoms with Crippen LogP contribution >= 0.6 is 0 Å². The minimum atomic E-state index is -0.416. The van der Waals surface area contributed by atoms with Gasteiger partial charge in [0.2, 0.25) is 5.88 Å². The van der Waals surface area contributed by atoms with Crippen molar-refractivity contribution in [2.45, 2.75) is 64.4 Å². The summed E-state index contributed by atoms with van der Waals surface area (Å²) in [6.07, 6.45) is 6.82. The number of carbonyl (C=O) groups is 1. The van der Waals surface area contributed by atoms with Gasteiger partial charge in [0, 0.05) is 27.9 Å². The molecule has 3 aromatic rings. The highest BCUT2D eigenvalue weighted by Crippen LogP contribution is 2.53. The molecule has 0 bridgehead atoms. The largest absolute Gasteiger partial charge is 0.515 e. The number of nitrogens with zero attached hydrogens (tertiary/aromatic N) is 4. The minimum Gasteiger partial charge on any atom is -0.515 e. The van der Waals surface area contributed by atoms with Crippen LogP contribution in [0.4, 0.5) is 0 Å². The first kappa shape index (κ1) is 22.1. The second-order valence-corrected chi connectivity index (χ2v) is 10.8. The number of ketones is 1. The van der Waals surface area contributed by atoms with E-state index in [2.05, 4.69) is 23.8 Å². The lowest BCUT2D eigenvalue weighted by molar-refractivity contribution is -0.124. The lowest BCUT2D eigenvalue weighted by Crippen LogP contribution is -2.48. The van der Waals surface area contributed by atoms with Crippen LogP contribution < -0.4 is 4.74 Å². The molecule has 3 aliphatic rings. The number of rotatable bonds is 3. The smallest absolute Gasteiger partial charge is 0.220 e. The van der Waals surface area contributed by atoms with Crippen molar-refractivity contribution in [1.29, 1.82) is 0 Å². The molecule has 7 nitrogen and oxygen atoms in total. The molecular weight excluding hydrogens is 440 g/mol. The Bertz CT molecular complexity index is 1360. The third-order valence-corrected chi connectivity index (χ3v) is 8.44. The third-order valence-electron chi connectivity index (χ3n) is 8.44. The Morgan fingerprint density at radius 3 is 2.71 bits per heavy atom. The highest BCUT2D eigenvalue weighted by atomic mass is 16.5. The molecule has 0 amide bonds. The number of hydrogen-bond donors (Lipinski definition) is 1. The van der Waals surface area contributed by atoms with Gasteiger partial charge in [0.05, 0.1) is 17.5 Å². The Kier molecular flexibility index (Phi) is 5.13. The summed E-state index contributed by atoms with van der Waals surface area (Å²) in [6, 6.07) is 7.86. The van der Waals surface area contributed by atoms with E-state index >= 15 is 0 Å². The number of benzene rings is 1. The van der Waals surface area contributed by atoms with Gasteiger partial charge in [-0.1, -0.05) is 39.0 Å². The van der Waals surface area contributed by atoms with Crippen LogP contribution in [0.15, 0.2) is 42.4 Å². The molecule has 0 radical (unpaired) electrons. The first-order valence-corrected chi connectivity index (χ1v) is 12.5. The van der Waals surface area contributed by atoms with Gasteiger partial charge in [-0.2, -0.15) is 4.98 Å². The molecule has 0 spiro atoms. The summed E-state index contributed by atoms with van der Waals surface area (Å²) in [5.41, 5.74) is 3.51. The van der Waals surface area contributed by atoms with Crippen molar-refractivity contribution in [3.8, 4) is 17.4 Å². The zero-order valence-corrected chi connectivity index (χ0v) is 20.4. The van der Waals surface area contributed by atoms with Crippen molar-refractivity contribution >= 4 is 16.7 Å². The van der Waals surface area contributed by atoms with Crippen molar-refractivity contribution in [2.24, 2.45) is 17.8 Å². The highest BCUT2D eigenvalue weighted by Gasteiger charge is 2.52. The molecule has 2 saturated carbocycles. The summed E-state index contributed by atoms with van der Waals surface area (Å²) in [6.45, 7) is 6.39. The van der Waals surface area contributed by atoms with Gasteiger partial charge < -0.3 is 9.84 Å². The zero-order valence-electron chi connectivity index (χ0n) is 20.4. The second kappa shape index (κ2) is 8.11. The maximum absolute atomic E-state index is 12.9. The molecular formula is C28H30N4O3. The van der Waals surface area contributed by atoms with Crippen molar-refractivity contribution in [1.82, 2.24) is 19.9 Å². The third kappa shape index (κ3) is 3.43. The van der Waals surface area contributed by atoms with Crippen LogP contribution in [0.1, 0.15) is 57.7 Å². The minimum absolute atomic E-state index is 0.0365. The van der Waals surface area contributed by atoms with E-state index in [1.165, 1.54) is 0 Å². The van der Waals surface area contributed by atoms with Gasteiger partial charge in [-0.15, -0.1) is 0 Å². The number of hydrogen-bond acceptors (Lipinski definition) is 7. The van der Waals surface area contributed by atoms with Crippen LogP contribution in [-0.2, 0) is 16.6 Å². The molecule has 7 heteroatoms. The number of Topliss-reactive ketones (excluding diaryl/α,β-unsaturated/α-hetero) is 1. The number of aliphatic hydroxyl groups is 1. The summed E-state index contributed by atoms with van der Waals surface area (Å²) in [4.78, 5) is 32.0. The molecule has 1 aromatic carbocycles. The number of carbonyl (C=O) groups excluding carboxylic acids is 1. The lowest BCUT2D eigenvalue weighted by Gasteiger charge is -2.48. The molecule has 0 aliphatic heterocycles. The SMILES string of the molecule is CC1CC(Oc2nc(-c3ncnc4ccccc34)nc3c2CC[C@@H]2[C@@H](C)C(=O)/C(=C\O)C[C@@]32C)C1. The van der Waals surface area contributed by atoms with Crippen LogP contribution in [-0.4, -0.2) is 36.9 Å². The fraction of sp³-hybridized carbons (Fsp3) is 0.464. The number of allylic oxidation sites excluding steroid dienone is 1. The van der Waals surface area contributed by atoms with Crippen molar-refractivity contribution in [3.05, 3.63) is 53.7 Å². The second-order valence-electron chi connectivity index (χ2n) is 10.8. The van der Waals surface area contributed by atoms with Gasteiger partial charge in [-0.25, -0.2) is 15.0 Å². The summed E-state index contributed by atoms with van der Waals surface area (Å²) in [7, 11) is 0. The maximum Gasteiger partial charge on any atom is 0.220 e. The quantitative estimate of drug-likeness (QED) is 0.418. The van der Waals surface area contributed by atoms with Crippen LogP contribution in [0.3, 0.4) is 0 Å². The van der Waals surface area contributed by atoms with Crippen LogP contribution in [0.25, 0.3) is 22.4 Å². The molecule has 6 rings (SSSR count). The Labute approximate surface area is 204 Å². The van der Waals surface area contributed by atoms with E-state index in [1.807, 2.05) is 31.2 Å². The molecule has 0 unspecified atom stereocenters. The fourth-order valence-electron chi connectivity index (χ4n) is 6.51. The van der Waals surface area contributed by atoms with E-state index in [1.54, 1.807) is 6.33 Å². The maximum atomic E-state index is 12.9. The van der Waals surface area contributed by atoms with Gasteiger partial charge in [0.1, 0.15) is 18.1 Å². The van der Waals surface area contributed by atoms with Crippen molar-refractivity contribution < 1.29 is 14.6 Å². The van der Waals surface area contributed by atoms with E-state index in [0.717, 1.165) is 54.1 Å². The van der Waals surface area contributed by atoms with E-state index < -0.39 is 5.41 Å². The first-order valence-electron chi connectivity index (χ1n) is 12.5. The van der Waals surface area contributed by atoms with Crippen LogP contribution in [0.2, 0.25) is 0 Å². The van der Waals surface area contributed by atoms with Crippen molar-refractivity contribution in [2.75, 3.05) is 0 Å². The van der Waals surface area contributed by atoms with Gasteiger partial charge in [-0.3, -0.25) is 4.79 Å². The van der Waals surface area contributed by atoms with E-state index in [4.69, 9.17) is 14.7 Å². The number of aromatic nitrogens is 4. The Morgan fingerprint density at radius 2 is 1.94 bits per heavy atom. The molecule has 3 atom stereocenters. The lowest BCUT2D eigenvalue weighted by atomic mass is 9.55. The summed E-state index contributed by atoms with van der Waals surface area (Å²) >= 11 is 0. The fourth-order valence-corrected chi connectivity index (χ4v) is 6.51. The number of aliphatic hydroxyl groups excluding tert-OH is 1. The molecule has 180 valence electrons. The summed E-state index contributed by atoms with van der Waals surface area (Å²) < 4.78 is 6.49. The van der Waals surface area contributed by atoms with Crippen LogP contribution in [0, 0.1) is 17.8 Å². The molecule has 2 aromatic heterocycles. The van der Waals surface area contributed by atoms with Gasteiger partial charge >= 0.3 is 0 Å². The molecule has 2 heterocycles. The standard InChI is InChI=1S/C28H30N4O3/c1-15-10-18(11-15)35-27-20-8-9-21-16(2)24(34)17(13-33)12-28(21,3)25(20)31-26(32-27)23-19-6-4-5-7-22(19)29-14-30-23/h4-7,13-16,18,21,33H,8-12H2,1-3H3/b17-13-/t15?,16-,18?,21-,28-/m1/s1. The molecule has 35 heavy (non-hydrogen) atoms. The summed E-state index contributed by atoms with van der Waals surface area (Å²) in [5, 5.41) is 10.8. The predicted molar refractivity (Wildman–Crippen MR) is 132 cm³/mol. The zero-order chi connectivity index (χ0) is 24.3. The Hall–Kier alpha value is -3.35. The van der Waals surface area contributed by atoms with Gasteiger partial charge in [0.15, 0.2) is 11.6 Å². The topological polar surface area (TPSA) is 98.1 Å². The molecule has 0 saturated heterocycles. The number of ether oxygens (including phenoxy) is 1. The number of para-hydroxylation sites is 1. The Balaban J connectivity index is 1.55. The van der Waals surface area contributed by atoms with E-state index in [-0.39, 0.29) is 23.7 Å². The van der Waals surface area contributed by atoms with E-state index in [9.17, 15) is 9.90 Å².